The number of carbonyl (C=O) groups excluding carboxylic acids is 2. The third-order valence-corrected chi connectivity index (χ3v) is 10.7. The number of hydrogen-bond acceptors (Lipinski definition) is 6. The van der Waals surface area contributed by atoms with Crippen molar-refractivity contribution in [1.29, 1.82) is 0 Å². The first kappa shape index (κ1) is 27.6. The van der Waals surface area contributed by atoms with Crippen LogP contribution in [0.2, 0.25) is 18.6 Å². The molecule has 0 spiro atoms. The number of hydrogen-bond donors (Lipinski definition) is 1. The molecule has 3 aliphatic heterocycles. The Morgan fingerprint density at radius 1 is 1.23 bits per heavy atom. The molecule has 210 valence electrons. The number of carbonyl (C=O) groups is 2. The minimum atomic E-state index is -3.37. The summed E-state index contributed by atoms with van der Waals surface area (Å²) in [5, 5.41) is 9.70. The number of likely N-dealkylation sites (tertiary alicyclic amines) is 1. The molecule has 2 aromatic rings. The van der Waals surface area contributed by atoms with Crippen molar-refractivity contribution >= 4 is 31.6 Å². The summed E-state index contributed by atoms with van der Waals surface area (Å²) in [5.74, 6) is 0.625. The Labute approximate surface area is 229 Å². The van der Waals surface area contributed by atoms with Gasteiger partial charge in [0.15, 0.2) is 6.61 Å². The van der Waals surface area contributed by atoms with Crippen molar-refractivity contribution < 1.29 is 33.0 Å². The Bertz CT molecular complexity index is 1240. The van der Waals surface area contributed by atoms with Crippen molar-refractivity contribution in [3.8, 4) is 11.5 Å². The lowest BCUT2D eigenvalue weighted by molar-refractivity contribution is -0.133. The molecular weight excluding hydrogens is 519 g/mol. The first-order chi connectivity index (χ1) is 18.6. The van der Waals surface area contributed by atoms with Crippen molar-refractivity contribution in [2.45, 2.75) is 63.1 Å². The Hall–Kier alpha value is -2.95. The lowest BCUT2D eigenvalue weighted by Crippen LogP contribution is -2.48. The molecule has 0 radical (unpaired) electrons. The zero-order valence-electron chi connectivity index (χ0n) is 22.9. The van der Waals surface area contributed by atoms with Gasteiger partial charge in [-0.1, -0.05) is 19.1 Å². The number of fused-ring (bicyclic) bond motifs is 2. The summed E-state index contributed by atoms with van der Waals surface area (Å²) in [6, 6.07) is 12.7. The van der Waals surface area contributed by atoms with Crippen LogP contribution < -0.4 is 14.4 Å². The van der Waals surface area contributed by atoms with Crippen molar-refractivity contribution in [2.75, 3.05) is 31.8 Å². The van der Waals surface area contributed by atoms with Crippen LogP contribution in [0.15, 0.2) is 42.5 Å². The molecule has 3 heterocycles. The van der Waals surface area contributed by atoms with Gasteiger partial charge in [0.05, 0.1) is 24.4 Å². The monoisotopic (exact) mass is 556 g/mol. The van der Waals surface area contributed by atoms with Crippen LogP contribution in [-0.2, 0) is 14.3 Å². The summed E-state index contributed by atoms with van der Waals surface area (Å²) >= 11 is 0. The van der Waals surface area contributed by atoms with E-state index in [1.54, 1.807) is 36.1 Å². The molecule has 8 nitrogen and oxygen atoms in total. The lowest BCUT2D eigenvalue weighted by Gasteiger charge is -2.43. The Kier molecular flexibility index (Phi) is 7.72. The van der Waals surface area contributed by atoms with E-state index < -0.39 is 26.2 Å². The molecule has 0 aromatic heterocycles. The molecular formula is C29H37FN2O6Si. The molecule has 1 fully saturated rings. The molecule has 5 rings (SSSR count). The van der Waals surface area contributed by atoms with Gasteiger partial charge in [0, 0.05) is 42.8 Å². The molecule has 0 aliphatic carbocycles. The molecule has 1 saturated heterocycles. The first-order valence-electron chi connectivity index (χ1n) is 13.6. The minimum Gasteiger partial charge on any atom is -0.490 e. The standard InChI is InChI=1S/C29H37FN2O6Si/c1-18-28(36-2)21-14-19(32-22-9-5-6-10-24(22)37-17-27(32)35)11-12-23(21)38-29(18)25(39(3,4)30)15-26(34)31-13-7-8-20(31)16-33/h5-6,9-12,14,18,20,25,28-29,33H,7-8,13,15-17H2,1-4H3/t18-,20-,25?,28-,29-/m0/s1. The number of ether oxygens (including phenoxy) is 3. The number of aliphatic hydroxyl groups excluding tert-OH is 1. The predicted octanol–water partition coefficient (Wildman–Crippen LogP) is 4.75. The zero-order chi connectivity index (χ0) is 27.9. The predicted molar refractivity (Wildman–Crippen MR) is 148 cm³/mol. The highest BCUT2D eigenvalue weighted by atomic mass is 28.4. The van der Waals surface area contributed by atoms with Gasteiger partial charge in [-0.2, -0.15) is 0 Å². The van der Waals surface area contributed by atoms with Crippen LogP contribution >= 0.6 is 0 Å². The fourth-order valence-electron chi connectivity index (χ4n) is 6.30. The van der Waals surface area contributed by atoms with E-state index >= 15 is 4.11 Å². The highest BCUT2D eigenvalue weighted by Gasteiger charge is 2.49. The van der Waals surface area contributed by atoms with E-state index in [4.69, 9.17) is 14.2 Å². The van der Waals surface area contributed by atoms with E-state index in [1.165, 1.54) is 0 Å². The van der Waals surface area contributed by atoms with Crippen LogP contribution in [0.3, 0.4) is 0 Å². The van der Waals surface area contributed by atoms with Gasteiger partial charge in [-0.3, -0.25) is 14.5 Å². The average Bonchev–Trinajstić information content (AvgIpc) is 3.40. The van der Waals surface area contributed by atoms with Gasteiger partial charge >= 0.3 is 0 Å². The maximum Gasteiger partial charge on any atom is 0.269 e. The molecule has 3 aliphatic rings. The number of halogens is 1. The smallest absolute Gasteiger partial charge is 0.269 e. The molecule has 10 heteroatoms. The fraction of sp³-hybridized carbons (Fsp3) is 0.517. The van der Waals surface area contributed by atoms with Crippen molar-refractivity contribution in [2.24, 2.45) is 5.92 Å². The normalized spacial score (nSPS) is 25.4. The third kappa shape index (κ3) is 5.17. The second kappa shape index (κ2) is 10.9. The van der Waals surface area contributed by atoms with E-state index in [2.05, 4.69) is 0 Å². The highest BCUT2D eigenvalue weighted by molar-refractivity contribution is 6.72. The SMILES string of the molecule is CO[C@@H]1c2cc(N3C(=O)COc4ccccc43)ccc2O[C@H](C(CC(=O)N2CCC[C@H]2CO)[Si](C)(C)F)[C@H]1C. The number of para-hydroxylation sites is 2. The first-order valence-corrected chi connectivity index (χ1v) is 16.6. The van der Waals surface area contributed by atoms with E-state index in [-0.39, 0.29) is 43.4 Å². The quantitative estimate of drug-likeness (QED) is 0.391. The Balaban J connectivity index is 1.46. The highest BCUT2D eigenvalue weighted by Crippen LogP contribution is 2.49. The topological polar surface area (TPSA) is 88.5 Å². The van der Waals surface area contributed by atoms with Crippen LogP contribution in [0.5, 0.6) is 11.5 Å². The summed E-state index contributed by atoms with van der Waals surface area (Å²) in [6.07, 6.45) is 0.647. The van der Waals surface area contributed by atoms with Gasteiger partial charge in [0.2, 0.25) is 14.3 Å². The number of methoxy groups -OCH3 is 1. The molecule has 2 aromatic carbocycles. The Morgan fingerprint density at radius 3 is 2.72 bits per heavy atom. The number of anilines is 2. The summed E-state index contributed by atoms with van der Waals surface area (Å²) in [7, 11) is -1.75. The van der Waals surface area contributed by atoms with E-state index in [0.717, 1.165) is 18.4 Å². The van der Waals surface area contributed by atoms with E-state index in [9.17, 15) is 14.7 Å². The molecule has 1 unspecified atom stereocenters. The minimum absolute atomic E-state index is 0.0319. The van der Waals surface area contributed by atoms with Gasteiger partial charge in [-0.25, -0.2) is 0 Å². The molecule has 0 saturated carbocycles. The number of rotatable bonds is 7. The van der Waals surface area contributed by atoms with Crippen LogP contribution in [0.25, 0.3) is 0 Å². The van der Waals surface area contributed by atoms with Gasteiger partial charge in [-0.05, 0) is 56.3 Å². The summed E-state index contributed by atoms with van der Waals surface area (Å²) in [6.45, 7) is 5.65. The second-order valence-corrected chi connectivity index (χ2v) is 15.1. The largest absolute Gasteiger partial charge is 0.490 e. The second-order valence-electron chi connectivity index (χ2n) is 11.2. The van der Waals surface area contributed by atoms with Gasteiger partial charge in [-0.15, -0.1) is 0 Å². The van der Waals surface area contributed by atoms with E-state index in [1.807, 2.05) is 43.3 Å². The maximum atomic E-state index is 15.9. The van der Waals surface area contributed by atoms with Crippen LogP contribution in [0.4, 0.5) is 15.5 Å². The number of nitrogens with zero attached hydrogens (tertiary/aromatic N) is 2. The maximum absolute atomic E-state index is 15.9. The number of amides is 2. The summed E-state index contributed by atoms with van der Waals surface area (Å²) in [5.41, 5.74) is 1.51. The fourth-order valence-corrected chi connectivity index (χ4v) is 8.11. The van der Waals surface area contributed by atoms with E-state index in [0.29, 0.717) is 29.4 Å². The molecule has 39 heavy (non-hydrogen) atoms. The van der Waals surface area contributed by atoms with Crippen LogP contribution in [0.1, 0.15) is 37.9 Å². The molecule has 5 atom stereocenters. The Morgan fingerprint density at radius 2 is 2.00 bits per heavy atom. The van der Waals surface area contributed by atoms with Crippen LogP contribution in [-0.4, -0.2) is 69.2 Å². The lowest BCUT2D eigenvalue weighted by atomic mass is 9.86. The molecule has 1 N–H and O–H groups in total. The van der Waals surface area contributed by atoms with Crippen LogP contribution in [0, 0.1) is 5.92 Å². The van der Waals surface area contributed by atoms with Gasteiger partial charge in [0.1, 0.15) is 17.6 Å². The number of benzene rings is 2. The summed E-state index contributed by atoms with van der Waals surface area (Å²) in [4.78, 5) is 29.5. The van der Waals surface area contributed by atoms with Gasteiger partial charge in [0.25, 0.3) is 5.91 Å². The molecule has 0 bridgehead atoms. The zero-order valence-corrected chi connectivity index (χ0v) is 23.9. The number of aliphatic hydroxyl groups is 1. The van der Waals surface area contributed by atoms with Crippen molar-refractivity contribution in [1.82, 2.24) is 4.90 Å². The average molecular weight is 557 g/mol. The van der Waals surface area contributed by atoms with Crippen molar-refractivity contribution in [3.63, 3.8) is 0 Å². The third-order valence-electron chi connectivity index (χ3n) is 8.36. The molecule has 2 amide bonds. The summed E-state index contributed by atoms with van der Waals surface area (Å²) < 4.78 is 33.9. The van der Waals surface area contributed by atoms with Crippen molar-refractivity contribution in [3.05, 3.63) is 48.0 Å². The van der Waals surface area contributed by atoms with Gasteiger partial charge < -0.3 is 28.3 Å².